The Morgan fingerprint density at radius 2 is 2.00 bits per heavy atom. The number of aliphatic hydroxyl groups excluding tert-OH is 1. The molecule has 1 aromatic heterocycles. The first-order chi connectivity index (χ1) is 11.6. The highest BCUT2D eigenvalue weighted by atomic mass is 16.5. The van der Waals surface area contributed by atoms with E-state index in [0.717, 1.165) is 56.0 Å². The van der Waals surface area contributed by atoms with Gasteiger partial charge in [-0.15, -0.1) is 0 Å². The number of nitrogens with zero attached hydrogens (tertiary/aromatic N) is 2. The standard InChI is InChI=1S/C19H26N2O3/c1-14-10-16(20-24-14)13-21(17-6-8-18(22)9-7-17)12-15-4-3-5-19(11-15)23-2/h3-5,10-11,17-18,22H,6-9,12-13H2,1-2H3. The SMILES string of the molecule is COc1cccc(CN(Cc2cc(C)on2)C2CCC(O)CC2)c1. The Bertz CT molecular complexity index is 648. The molecule has 5 nitrogen and oxygen atoms in total. The fourth-order valence-corrected chi connectivity index (χ4v) is 3.44. The van der Waals surface area contributed by atoms with Crippen molar-refractivity contribution < 1.29 is 14.4 Å². The Morgan fingerprint density at radius 3 is 2.67 bits per heavy atom. The summed E-state index contributed by atoms with van der Waals surface area (Å²) in [4.78, 5) is 2.44. The van der Waals surface area contributed by atoms with Crippen LogP contribution < -0.4 is 4.74 Å². The van der Waals surface area contributed by atoms with Gasteiger partial charge in [-0.3, -0.25) is 4.90 Å². The van der Waals surface area contributed by atoms with E-state index in [0.29, 0.717) is 6.04 Å². The van der Waals surface area contributed by atoms with Crippen molar-refractivity contribution in [2.75, 3.05) is 7.11 Å². The second kappa shape index (κ2) is 7.81. The number of aliphatic hydroxyl groups is 1. The lowest BCUT2D eigenvalue weighted by Gasteiger charge is -2.35. The maximum Gasteiger partial charge on any atom is 0.133 e. The molecule has 1 saturated carbocycles. The predicted molar refractivity (Wildman–Crippen MR) is 91.7 cm³/mol. The summed E-state index contributed by atoms with van der Waals surface area (Å²) in [5.41, 5.74) is 2.18. The van der Waals surface area contributed by atoms with Crippen LogP contribution in [0.5, 0.6) is 5.75 Å². The number of ether oxygens (including phenoxy) is 1. The van der Waals surface area contributed by atoms with Crippen LogP contribution in [0, 0.1) is 6.92 Å². The molecule has 5 heteroatoms. The molecule has 1 aliphatic rings. The highest BCUT2D eigenvalue weighted by molar-refractivity contribution is 5.28. The lowest BCUT2D eigenvalue weighted by Crippen LogP contribution is -2.38. The first-order valence-electron chi connectivity index (χ1n) is 8.61. The molecular weight excluding hydrogens is 304 g/mol. The van der Waals surface area contributed by atoms with Crippen LogP contribution in [0.3, 0.4) is 0 Å². The van der Waals surface area contributed by atoms with Gasteiger partial charge in [-0.2, -0.15) is 0 Å². The zero-order chi connectivity index (χ0) is 16.9. The molecule has 1 N–H and O–H groups in total. The van der Waals surface area contributed by atoms with Crippen molar-refractivity contribution in [3.05, 3.63) is 47.3 Å². The van der Waals surface area contributed by atoms with Crippen LogP contribution in [0.2, 0.25) is 0 Å². The van der Waals surface area contributed by atoms with E-state index in [1.807, 2.05) is 25.1 Å². The molecule has 1 aliphatic carbocycles. The Hall–Kier alpha value is -1.85. The largest absolute Gasteiger partial charge is 0.497 e. The van der Waals surface area contributed by atoms with Gasteiger partial charge in [0.05, 0.1) is 18.9 Å². The lowest BCUT2D eigenvalue weighted by atomic mass is 9.91. The van der Waals surface area contributed by atoms with Gasteiger partial charge in [0.25, 0.3) is 0 Å². The maximum absolute atomic E-state index is 9.80. The molecule has 1 heterocycles. The lowest BCUT2D eigenvalue weighted by molar-refractivity contribution is 0.0655. The molecule has 0 amide bonds. The number of aromatic nitrogens is 1. The summed E-state index contributed by atoms with van der Waals surface area (Å²) in [6.45, 7) is 3.51. The topological polar surface area (TPSA) is 58.7 Å². The van der Waals surface area contributed by atoms with E-state index in [2.05, 4.69) is 22.2 Å². The highest BCUT2D eigenvalue weighted by Crippen LogP contribution is 2.26. The van der Waals surface area contributed by atoms with Crippen molar-refractivity contribution >= 4 is 0 Å². The zero-order valence-corrected chi connectivity index (χ0v) is 14.4. The molecule has 3 rings (SSSR count). The number of hydrogen-bond acceptors (Lipinski definition) is 5. The minimum Gasteiger partial charge on any atom is -0.497 e. The third-order valence-electron chi connectivity index (χ3n) is 4.74. The van der Waals surface area contributed by atoms with Crippen molar-refractivity contribution in [2.45, 2.75) is 57.8 Å². The third-order valence-corrected chi connectivity index (χ3v) is 4.74. The number of benzene rings is 1. The highest BCUT2D eigenvalue weighted by Gasteiger charge is 2.25. The van der Waals surface area contributed by atoms with Gasteiger partial charge >= 0.3 is 0 Å². The van der Waals surface area contributed by atoms with Crippen LogP contribution in [-0.4, -0.2) is 34.4 Å². The van der Waals surface area contributed by atoms with Gasteiger partial charge in [0.2, 0.25) is 0 Å². The minimum atomic E-state index is -0.144. The predicted octanol–water partition coefficient (Wildman–Crippen LogP) is 3.30. The van der Waals surface area contributed by atoms with Crippen LogP contribution >= 0.6 is 0 Å². The van der Waals surface area contributed by atoms with E-state index in [1.165, 1.54) is 5.56 Å². The van der Waals surface area contributed by atoms with E-state index in [4.69, 9.17) is 9.26 Å². The summed E-state index contributed by atoms with van der Waals surface area (Å²) < 4.78 is 10.6. The molecule has 0 unspecified atom stereocenters. The summed E-state index contributed by atoms with van der Waals surface area (Å²) in [5.74, 6) is 1.72. The van der Waals surface area contributed by atoms with Crippen LogP contribution in [0.4, 0.5) is 0 Å². The Kier molecular flexibility index (Phi) is 5.53. The van der Waals surface area contributed by atoms with Gasteiger partial charge in [-0.1, -0.05) is 17.3 Å². The molecule has 0 spiro atoms. The molecule has 24 heavy (non-hydrogen) atoms. The van der Waals surface area contributed by atoms with E-state index in [-0.39, 0.29) is 6.10 Å². The molecule has 0 saturated heterocycles. The van der Waals surface area contributed by atoms with E-state index in [9.17, 15) is 5.11 Å². The summed E-state index contributed by atoms with van der Waals surface area (Å²) in [6, 6.07) is 10.6. The fraction of sp³-hybridized carbons (Fsp3) is 0.526. The van der Waals surface area contributed by atoms with Gasteiger partial charge < -0.3 is 14.4 Å². The minimum absolute atomic E-state index is 0.144. The average molecular weight is 330 g/mol. The van der Waals surface area contributed by atoms with E-state index >= 15 is 0 Å². The van der Waals surface area contributed by atoms with E-state index < -0.39 is 0 Å². The van der Waals surface area contributed by atoms with Gasteiger partial charge in [-0.25, -0.2) is 0 Å². The van der Waals surface area contributed by atoms with Gasteiger partial charge in [-0.05, 0) is 50.3 Å². The fourth-order valence-electron chi connectivity index (χ4n) is 3.44. The van der Waals surface area contributed by atoms with Crippen LogP contribution in [0.1, 0.15) is 42.7 Å². The number of methoxy groups -OCH3 is 1. The quantitative estimate of drug-likeness (QED) is 0.881. The first-order valence-corrected chi connectivity index (χ1v) is 8.61. The second-order valence-corrected chi connectivity index (χ2v) is 6.65. The van der Waals surface area contributed by atoms with Crippen LogP contribution in [0.15, 0.2) is 34.9 Å². The summed E-state index contributed by atoms with van der Waals surface area (Å²) in [6.07, 6.45) is 3.63. The third kappa shape index (κ3) is 4.36. The molecule has 130 valence electrons. The summed E-state index contributed by atoms with van der Waals surface area (Å²) >= 11 is 0. The monoisotopic (exact) mass is 330 g/mol. The summed E-state index contributed by atoms with van der Waals surface area (Å²) in [7, 11) is 1.69. The number of aryl methyl sites for hydroxylation is 1. The molecule has 0 bridgehead atoms. The summed E-state index contributed by atoms with van der Waals surface area (Å²) in [5, 5.41) is 13.9. The molecule has 0 aliphatic heterocycles. The molecule has 1 fully saturated rings. The molecule has 0 radical (unpaired) electrons. The number of rotatable bonds is 6. The Labute approximate surface area is 143 Å². The second-order valence-electron chi connectivity index (χ2n) is 6.65. The van der Waals surface area contributed by atoms with Crippen molar-refractivity contribution in [1.29, 1.82) is 0 Å². The normalized spacial score (nSPS) is 21.2. The van der Waals surface area contributed by atoms with Crippen molar-refractivity contribution in [1.82, 2.24) is 10.1 Å². The van der Waals surface area contributed by atoms with Crippen LogP contribution in [0.25, 0.3) is 0 Å². The van der Waals surface area contributed by atoms with Crippen molar-refractivity contribution in [3.63, 3.8) is 0 Å². The Balaban J connectivity index is 1.75. The van der Waals surface area contributed by atoms with Gasteiger partial charge in [0, 0.05) is 25.2 Å². The maximum atomic E-state index is 9.80. The van der Waals surface area contributed by atoms with Gasteiger partial charge in [0.15, 0.2) is 0 Å². The Morgan fingerprint density at radius 1 is 1.21 bits per heavy atom. The smallest absolute Gasteiger partial charge is 0.133 e. The average Bonchev–Trinajstić information content (AvgIpc) is 3.00. The molecule has 1 aromatic carbocycles. The molecule has 2 aromatic rings. The molecule has 0 atom stereocenters. The van der Waals surface area contributed by atoms with Crippen molar-refractivity contribution in [3.8, 4) is 5.75 Å². The van der Waals surface area contributed by atoms with Crippen LogP contribution in [-0.2, 0) is 13.1 Å². The van der Waals surface area contributed by atoms with Crippen molar-refractivity contribution in [2.24, 2.45) is 0 Å². The molecular formula is C19H26N2O3. The first kappa shape index (κ1) is 17.0. The zero-order valence-electron chi connectivity index (χ0n) is 14.4. The van der Waals surface area contributed by atoms with Gasteiger partial charge in [0.1, 0.15) is 11.5 Å². The number of hydrogen-bond donors (Lipinski definition) is 1. The van der Waals surface area contributed by atoms with E-state index in [1.54, 1.807) is 7.11 Å².